The van der Waals surface area contributed by atoms with E-state index in [9.17, 15) is 0 Å². The zero-order chi connectivity index (χ0) is 12.2. The van der Waals surface area contributed by atoms with E-state index in [-0.39, 0.29) is 0 Å². The van der Waals surface area contributed by atoms with E-state index >= 15 is 0 Å². The molecule has 0 N–H and O–H groups in total. The molecule has 18 heavy (non-hydrogen) atoms. The lowest BCUT2D eigenvalue weighted by Gasteiger charge is -2.57. The molecule has 4 bridgehead atoms. The minimum absolute atomic E-state index is 0.555. The van der Waals surface area contributed by atoms with Gasteiger partial charge in [-0.05, 0) is 86.2 Å². The summed E-state index contributed by atoms with van der Waals surface area (Å²) in [6.07, 6.45) is 9.95. The molecule has 0 atom stereocenters. The molecule has 0 nitrogen and oxygen atoms in total. The Hall–Kier alpha value is -0.780. The van der Waals surface area contributed by atoms with Gasteiger partial charge in [-0.2, -0.15) is 0 Å². The Morgan fingerprint density at radius 3 is 2.17 bits per heavy atom. The minimum atomic E-state index is 0.555. The zero-order valence-corrected chi connectivity index (χ0v) is 11.2. The van der Waals surface area contributed by atoms with Gasteiger partial charge in [0, 0.05) is 0 Å². The first-order chi connectivity index (χ1) is 8.77. The Morgan fingerprint density at radius 1 is 1.00 bits per heavy atom. The van der Waals surface area contributed by atoms with Gasteiger partial charge in [-0.25, -0.2) is 0 Å². The molecule has 0 aromatic heterocycles. The van der Waals surface area contributed by atoms with Crippen LogP contribution < -0.4 is 0 Å². The fourth-order valence-corrected chi connectivity index (χ4v) is 5.52. The summed E-state index contributed by atoms with van der Waals surface area (Å²) in [4.78, 5) is 0. The van der Waals surface area contributed by atoms with Crippen molar-refractivity contribution in [2.45, 2.75) is 50.4 Å². The normalized spacial score (nSPS) is 41.3. The third kappa shape index (κ3) is 1.57. The lowest BCUT2D eigenvalue weighted by atomic mass is 9.48. The lowest BCUT2D eigenvalue weighted by Crippen LogP contribution is -2.48. The molecular weight excluding hydrogens is 216 g/mol. The quantitative estimate of drug-likeness (QED) is 0.711. The Morgan fingerprint density at radius 2 is 1.61 bits per heavy atom. The van der Waals surface area contributed by atoms with Gasteiger partial charge < -0.3 is 0 Å². The van der Waals surface area contributed by atoms with Gasteiger partial charge in [-0.3, -0.25) is 0 Å². The van der Waals surface area contributed by atoms with E-state index < -0.39 is 0 Å². The molecule has 0 spiro atoms. The minimum Gasteiger partial charge on any atom is -0.0617 e. The van der Waals surface area contributed by atoms with Crippen LogP contribution in [-0.2, 0) is 11.8 Å². The molecule has 0 aliphatic heterocycles. The van der Waals surface area contributed by atoms with E-state index in [0.29, 0.717) is 5.41 Å². The van der Waals surface area contributed by atoms with Crippen molar-refractivity contribution in [3.8, 4) is 0 Å². The van der Waals surface area contributed by atoms with Crippen molar-refractivity contribution in [3.63, 3.8) is 0 Å². The molecule has 1 aromatic rings. The Balaban J connectivity index is 1.74. The topological polar surface area (TPSA) is 0 Å². The second-order valence-electron chi connectivity index (χ2n) is 7.15. The average molecular weight is 239 g/mol. The molecule has 4 fully saturated rings. The van der Waals surface area contributed by atoms with E-state index in [0.717, 1.165) is 24.2 Å². The zero-order valence-electron chi connectivity index (χ0n) is 11.2. The summed E-state index contributed by atoms with van der Waals surface area (Å²) >= 11 is 0. The standard InChI is InChI=1S/C18H23/c1-2-13-4-3-5-17(9-13)18-10-14-6-15(11-18)8-16(7-14)12-18/h3-5,9,14-16H,1-2,6-8,10-12H2. The van der Waals surface area contributed by atoms with Gasteiger partial charge in [0.15, 0.2) is 0 Å². The smallest absolute Gasteiger partial charge is 0.00390 e. The van der Waals surface area contributed by atoms with Gasteiger partial charge in [0.2, 0.25) is 0 Å². The molecule has 4 aliphatic rings. The third-order valence-electron chi connectivity index (χ3n) is 5.87. The van der Waals surface area contributed by atoms with Crippen molar-refractivity contribution in [2.75, 3.05) is 0 Å². The maximum Gasteiger partial charge on any atom is -0.00390 e. The molecule has 95 valence electrons. The molecule has 0 saturated heterocycles. The molecule has 0 heteroatoms. The van der Waals surface area contributed by atoms with Crippen molar-refractivity contribution in [1.82, 2.24) is 0 Å². The highest BCUT2D eigenvalue weighted by Gasteiger charge is 2.51. The summed E-state index contributed by atoms with van der Waals surface area (Å²) in [5.74, 6) is 3.12. The van der Waals surface area contributed by atoms with Crippen LogP contribution >= 0.6 is 0 Å². The molecule has 4 saturated carbocycles. The molecule has 0 amide bonds. The van der Waals surface area contributed by atoms with Gasteiger partial charge >= 0.3 is 0 Å². The number of benzene rings is 1. The Kier molecular flexibility index (Phi) is 2.37. The first-order valence-corrected chi connectivity index (χ1v) is 7.66. The maximum absolute atomic E-state index is 4.04. The van der Waals surface area contributed by atoms with Crippen LogP contribution in [0.2, 0.25) is 0 Å². The lowest BCUT2D eigenvalue weighted by molar-refractivity contribution is -0.00521. The fraction of sp³-hybridized carbons (Fsp3) is 0.611. The second kappa shape index (κ2) is 3.85. The van der Waals surface area contributed by atoms with Crippen molar-refractivity contribution in [2.24, 2.45) is 17.8 Å². The molecule has 0 heterocycles. The first kappa shape index (κ1) is 11.1. The molecule has 0 unspecified atom stereocenters. The summed E-state index contributed by atoms with van der Waals surface area (Å²) < 4.78 is 0. The van der Waals surface area contributed by atoms with Gasteiger partial charge in [-0.1, -0.05) is 24.3 Å². The summed E-state index contributed by atoms with van der Waals surface area (Å²) in [7, 11) is 0. The highest BCUT2D eigenvalue weighted by Crippen LogP contribution is 2.60. The van der Waals surface area contributed by atoms with Crippen LogP contribution in [-0.4, -0.2) is 0 Å². The third-order valence-corrected chi connectivity index (χ3v) is 5.87. The van der Waals surface area contributed by atoms with Crippen LogP contribution in [0.4, 0.5) is 0 Å². The predicted octanol–water partition coefficient (Wildman–Crippen LogP) is 4.53. The largest absolute Gasteiger partial charge is 0.0617 e. The second-order valence-corrected chi connectivity index (χ2v) is 7.15. The highest BCUT2D eigenvalue weighted by molar-refractivity contribution is 5.33. The van der Waals surface area contributed by atoms with Crippen molar-refractivity contribution in [1.29, 1.82) is 0 Å². The molecule has 1 aromatic carbocycles. The van der Waals surface area contributed by atoms with Crippen LogP contribution in [0.15, 0.2) is 24.3 Å². The fourth-order valence-electron chi connectivity index (χ4n) is 5.52. The van der Waals surface area contributed by atoms with Crippen LogP contribution in [0.5, 0.6) is 0 Å². The Labute approximate surface area is 111 Å². The van der Waals surface area contributed by atoms with E-state index in [2.05, 4.69) is 31.2 Å². The molecule has 4 aliphatic carbocycles. The van der Waals surface area contributed by atoms with Crippen LogP contribution in [0.3, 0.4) is 0 Å². The van der Waals surface area contributed by atoms with Gasteiger partial charge in [0.1, 0.15) is 0 Å². The van der Waals surface area contributed by atoms with E-state index in [1.54, 1.807) is 5.56 Å². The van der Waals surface area contributed by atoms with Gasteiger partial charge in [-0.15, -0.1) is 0 Å². The Bertz CT molecular complexity index is 422. The number of hydrogen-bond donors (Lipinski definition) is 0. The van der Waals surface area contributed by atoms with Crippen molar-refractivity contribution >= 4 is 0 Å². The monoisotopic (exact) mass is 239 g/mol. The maximum atomic E-state index is 4.04. The molecule has 5 rings (SSSR count). The van der Waals surface area contributed by atoms with E-state index in [1.807, 2.05) is 0 Å². The van der Waals surface area contributed by atoms with Crippen molar-refractivity contribution in [3.05, 3.63) is 42.3 Å². The van der Waals surface area contributed by atoms with E-state index in [1.165, 1.54) is 44.1 Å². The summed E-state index contributed by atoms with van der Waals surface area (Å²) in [6, 6.07) is 9.35. The number of hydrogen-bond acceptors (Lipinski definition) is 0. The summed E-state index contributed by atoms with van der Waals surface area (Å²) in [5, 5.41) is 0. The molecular formula is C18H23. The van der Waals surface area contributed by atoms with Crippen LogP contribution in [0.1, 0.15) is 49.7 Å². The molecule has 1 radical (unpaired) electrons. The van der Waals surface area contributed by atoms with E-state index in [4.69, 9.17) is 0 Å². The van der Waals surface area contributed by atoms with Gasteiger partial charge in [0.25, 0.3) is 0 Å². The summed E-state index contributed by atoms with van der Waals surface area (Å²) in [5.41, 5.74) is 3.62. The first-order valence-electron chi connectivity index (χ1n) is 7.66. The highest BCUT2D eigenvalue weighted by atomic mass is 14.6. The number of rotatable bonds is 2. The van der Waals surface area contributed by atoms with Crippen molar-refractivity contribution < 1.29 is 0 Å². The SMILES string of the molecule is [CH2]Cc1cccc(C23CC4CC(CC(C4)C2)C3)c1. The van der Waals surface area contributed by atoms with Gasteiger partial charge in [0.05, 0.1) is 0 Å². The summed E-state index contributed by atoms with van der Waals surface area (Å²) in [6.45, 7) is 4.04. The van der Waals surface area contributed by atoms with Crippen LogP contribution in [0.25, 0.3) is 0 Å². The average Bonchev–Trinajstić information content (AvgIpc) is 2.37. The predicted molar refractivity (Wildman–Crippen MR) is 75.4 cm³/mol. The van der Waals surface area contributed by atoms with Crippen LogP contribution in [0, 0.1) is 24.7 Å².